The first-order chi connectivity index (χ1) is 13.5. The van der Waals surface area contributed by atoms with E-state index in [0.717, 1.165) is 65.5 Å². The second-order valence-electron chi connectivity index (χ2n) is 8.07. The number of aliphatic hydroxyl groups is 1. The van der Waals surface area contributed by atoms with Gasteiger partial charge in [-0.25, -0.2) is 0 Å². The Morgan fingerprint density at radius 1 is 1.21 bits per heavy atom. The molecule has 1 aliphatic carbocycles. The van der Waals surface area contributed by atoms with E-state index in [2.05, 4.69) is 4.90 Å². The lowest BCUT2D eigenvalue weighted by Crippen LogP contribution is -2.36. The van der Waals surface area contributed by atoms with Crippen LogP contribution in [0.2, 0.25) is 0 Å². The Morgan fingerprint density at radius 2 is 1.96 bits per heavy atom. The molecular formula is C22H23N2O3S-. The molecule has 5 rings (SSSR count). The normalized spacial score (nSPS) is 20.9. The SMILES string of the molecule is CN(C)c1ccc(C2=C(O)C(c3cc4c5c(c3[O-])CCCN5CCC4)C2=O)s1. The lowest BCUT2D eigenvalue weighted by atomic mass is 9.74. The van der Waals surface area contributed by atoms with Gasteiger partial charge in [0.1, 0.15) is 11.7 Å². The molecule has 0 spiro atoms. The largest absolute Gasteiger partial charge is 0.872 e. The second kappa shape index (κ2) is 6.27. The average Bonchev–Trinajstić information content (AvgIpc) is 3.15. The zero-order valence-electron chi connectivity index (χ0n) is 16.1. The number of aryl methyl sites for hydroxylation is 1. The molecule has 28 heavy (non-hydrogen) atoms. The zero-order chi connectivity index (χ0) is 19.6. The second-order valence-corrected chi connectivity index (χ2v) is 9.13. The highest BCUT2D eigenvalue weighted by Crippen LogP contribution is 2.50. The fourth-order valence-electron chi connectivity index (χ4n) is 4.77. The van der Waals surface area contributed by atoms with Crippen molar-refractivity contribution in [2.24, 2.45) is 0 Å². The molecule has 2 aromatic rings. The van der Waals surface area contributed by atoms with Gasteiger partial charge in [-0.2, -0.15) is 0 Å². The van der Waals surface area contributed by atoms with Crippen molar-refractivity contribution in [1.29, 1.82) is 0 Å². The molecule has 1 aromatic carbocycles. The minimum Gasteiger partial charge on any atom is -0.872 e. The van der Waals surface area contributed by atoms with Gasteiger partial charge in [0.15, 0.2) is 5.78 Å². The zero-order valence-corrected chi connectivity index (χ0v) is 16.9. The average molecular weight is 396 g/mol. The van der Waals surface area contributed by atoms with Gasteiger partial charge < -0.3 is 20.0 Å². The molecule has 0 saturated heterocycles. The number of Topliss-reactive ketones (excluding diaryl/α,β-unsaturated/α-hetero) is 1. The van der Waals surface area contributed by atoms with Crippen LogP contribution in [0, 0.1) is 0 Å². The summed E-state index contributed by atoms with van der Waals surface area (Å²) in [5.41, 5.74) is 3.95. The standard InChI is InChI=1S/C22H24N2O3S/c1-23(2)16-8-7-15(28-16)18-21(26)17(22(18)27)14-11-12-5-3-9-24-10-4-6-13(19(12)24)20(14)25/h7-8,11,17,25-26H,3-6,9-10H2,1-2H3/p-1. The number of aliphatic hydroxyl groups excluding tert-OH is 1. The Kier molecular flexibility index (Phi) is 3.95. The molecule has 0 radical (unpaired) electrons. The molecule has 0 saturated carbocycles. The third-order valence-electron chi connectivity index (χ3n) is 6.13. The number of hydrogen-bond acceptors (Lipinski definition) is 6. The van der Waals surface area contributed by atoms with Crippen LogP contribution in [0.5, 0.6) is 5.75 Å². The molecule has 1 aromatic heterocycles. The van der Waals surface area contributed by atoms with E-state index in [0.29, 0.717) is 11.1 Å². The van der Waals surface area contributed by atoms with E-state index in [4.69, 9.17) is 0 Å². The molecule has 1 unspecified atom stereocenters. The molecule has 0 bridgehead atoms. The van der Waals surface area contributed by atoms with Crippen molar-refractivity contribution in [3.63, 3.8) is 0 Å². The fourth-order valence-corrected chi connectivity index (χ4v) is 5.76. The third-order valence-corrected chi connectivity index (χ3v) is 7.40. The van der Waals surface area contributed by atoms with Gasteiger partial charge in [0.05, 0.1) is 10.6 Å². The number of carbonyl (C=O) groups excluding carboxylic acids is 1. The summed E-state index contributed by atoms with van der Waals surface area (Å²) in [4.78, 5) is 18.0. The predicted octanol–water partition coefficient (Wildman–Crippen LogP) is 3.22. The summed E-state index contributed by atoms with van der Waals surface area (Å²) in [6.45, 7) is 2.01. The first-order valence-corrected chi connectivity index (χ1v) is 10.6. The molecule has 1 atom stereocenters. The molecule has 0 fully saturated rings. The number of benzene rings is 1. The summed E-state index contributed by atoms with van der Waals surface area (Å²) in [6.07, 6.45) is 3.74. The van der Waals surface area contributed by atoms with Crippen LogP contribution in [-0.2, 0) is 17.6 Å². The molecule has 6 heteroatoms. The van der Waals surface area contributed by atoms with Crippen LogP contribution in [0.25, 0.3) is 5.57 Å². The van der Waals surface area contributed by atoms with Crippen LogP contribution < -0.4 is 14.9 Å². The van der Waals surface area contributed by atoms with Gasteiger partial charge in [0.2, 0.25) is 0 Å². The number of ketones is 1. The Morgan fingerprint density at radius 3 is 2.64 bits per heavy atom. The number of hydrogen-bond donors (Lipinski definition) is 1. The van der Waals surface area contributed by atoms with Crippen molar-refractivity contribution < 1.29 is 15.0 Å². The number of nitrogens with zero attached hydrogens (tertiary/aromatic N) is 2. The van der Waals surface area contributed by atoms with Gasteiger partial charge in [-0.1, -0.05) is 11.8 Å². The van der Waals surface area contributed by atoms with Crippen LogP contribution in [-0.4, -0.2) is 38.1 Å². The Balaban J connectivity index is 1.57. The van der Waals surface area contributed by atoms with E-state index in [1.165, 1.54) is 11.3 Å². The smallest absolute Gasteiger partial charge is 0.182 e. The maximum atomic E-state index is 13.2. The molecule has 5 nitrogen and oxygen atoms in total. The molecule has 3 aliphatic rings. The maximum Gasteiger partial charge on any atom is 0.182 e. The van der Waals surface area contributed by atoms with Gasteiger partial charge >= 0.3 is 0 Å². The van der Waals surface area contributed by atoms with Crippen molar-refractivity contribution in [2.75, 3.05) is 37.0 Å². The summed E-state index contributed by atoms with van der Waals surface area (Å²) in [5.74, 6) is -0.942. The van der Waals surface area contributed by atoms with E-state index in [1.54, 1.807) is 0 Å². The summed E-state index contributed by atoms with van der Waals surface area (Å²) in [7, 11) is 3.89. The van der Waals surface area contributed by atoms with Crippen molar-refractivity contribution in [3.05, 3.63) is 45.5 Å². The lowest BCUT2D eigenvalue weighted by Gasteiger charge is -2.41. The highest BCUT2D eigenvalue weighted by molar-refractivity contribution is 7.17. The number of carbonyl (C=O) groups is 1. The maximum absolute atomic E-state index is 13.2. The lowest BCUT2D eigenvalue weighted by molar-refractivity contribution is -0.270. The molecule has 146 valence electrons. The van der Waals surface area contributed by atoms with Crippen molar-refractivity contribution in [2.45, 2.75) is 31.6 Å². The van der Waals surface area contributed by atoms with Crippen LogP contribution >= 0.6 is 11.3 Å². The molecule has 0 amide bonds. The van der Waals surface area contributed by atoms with Crippen LogP contribution in [0.15, 0.2) is 24.0 Å². The molecular weight excluding hydrogens is 372 g/mol. The molecule has 1 N–H and O–H groups in total. The minimum absolute atomic E-state index is 0.0462. The molecule has 3 heterocycles. The van der Waals surface area contributed by atoms with Crippen molar-refractivity contribution in [3.8, 4) is 5.75 Å². The summed E-state index contributed by atoms with van der Waals surface area (Å²) >= 11 is 1.48. The minimum atomic E-state index is -0.800. The van der Waals surface area contributed by atoms with Gasteiger partial charge in [-0.15, -0.1) is 11.3 Å². The van der Waals surface area contributed by atoms with Gasteiger partial charge in [0, 0.05) is 37.7 Å². The van der Waals surface area contributed by atoms with E-state index < -0.39 is 5.92 Å². The third kappa shape index (κ3) is 2.40. The van der Waals surface area contributed by atoms with E-state index in [9.17, 15) is 15.0 Å². The summed E-state index contributed by atoms with van der Waals surface area (Å²) in [5, 5.41) is 25.0. The number of allylic oxidation sites excluding steroid dienone is 2. The first kappa shape index (κ1) is 17.6. The van der Waals surface area contributed by atoms with E-state index in [1.807, 2.05) is 37.2 Å². The van der Waals surface area contributed by atoms with E-state index in [-0.39, 0.29) is 17.3 Å². The quantitative estimate of drug-likeness (QED) is 0.864. The van der Waals surface area contributed by atoms with Crippen LogP contribution in [0.1, 0.15) is 40.3 Å². The van der Waals surface area contributed by atoms with Gasteiger partial charge in [-0.05, 0) is 54.5 Å². The fraction of sp³-hybridized carbons (Fsp3) is 0.409. The van der Waals surface area contributed by atoms with Crippen LogP contribution in [0.4, 0.5) is 10.7 Å². The summed E-state index contributed by atoms with van der Waals surface area (Å²) < 4.78 is 0. The van der Waals surface area contributed by atoms with Gasteiger partial charge in [-0.3, -0.25) is 4.79 Å². The Hall–Kier alpha value is -2.47. The summed E-state index contributed by atoms with van der Waals surface area (Å²) in [6, 6.07) is 5.71. The Labute approximate surface area is 168 Å². The first-order valence-electron chi connectivity index (χ1n) is 9.83. The topological polar surface area (TPSA) is 66.8 Å². The highest BCUT2D eigenvalue weighted by atomic mass is 32.1. The van der Waals surface area contributed by atoms with Crippen molar-refractivity contribution >= 4 is 33.4 Å². The predicted molar refractivity (Wildman–Crippen MR) is 111 cm³/mol. The monoisotopic (exact) mass is 395 g/mol. The van der Waals surface area contributed by atoms with Crippen LogP contribution in [0.3, 0.4) is 0 Å². The highest BCUT2D eigenvalue weighted by Gasteiger charge is 2.43. The number of rotatable bonds is 3. The van der Waals surface area contributed by atoms with Gasteiger partial charge in [0.25, 0.3) is 0 Å². The van der Waals surface area contributed by atoms with Crippen molar-refractivity contribution in [1.82, 2.24) is 0 Å². The van der Waals surface area contributed by atoms with E-state index >= 15 is 0 Å². The Bertz CT molecular complexity index is 1020. The number of anilines is 2. The number of thiophene rings is 1. The molecule has 2 aliphatic heterocycles.